The summed E-state index contributed by atoms with van der Waals surface area (Å²) < 4.78 is 14.4. The number of hydrogen-bond acceptors (Lipinski definition) is 4. The van der Waals surface area contributed by atoms with E-state index in [0.29, 0.717) is 16.8 Å². The second kappa shape index (κ2) is 5.12. The van der Waals surface area contributed by atoms with E-state index in [1.54, 1.807) is 18.2 Å². The molecule has 1 heterocycles. The Morgan fingerprint density at radius 3 is 2.78 bits per heavy atom. The highest BCUT2D eigenvalue weighted by molar-refractivity contribution is 9.10. The second-order valence-corrected chi connectivity index (χ2v) is 4.39. The van der Waals surface area contributed by atoms with Crippen LogP contribution in [0.3, 0.4) is 0 Å². The lowest BCUT2D eigenvalue weighted by Crippen LogP contribution is -2.10. The first-order valence-corrected chi connectivity index (χ1v) is 5.78. The van der Waals surface area contributed by atoms with Crippen LogP contribution in [0.2, 0.25) is 0 Å². The van der Waals surface area contributed by atoms with Crippen molar-refractivity contribution in [3.8, 4) is 17.3 Å². The zero-order valence-electron chi connectivity index (χ0n) is 9.11. The van der Waals surface area contributed by atoms with Gasteiger partial charge in [-0.15, -0.1) is 0 Å². The molecular weight excluding hydrogens is 299 g/mol. The Balaban J connectivity index is 2.58. The molecule has 0 amide bonds. The summed E-state index contributed by atoms with van der Waals surface area (Å²) in [7, 11) is 0. The predicted molar refractivity (Wildman–Crippen MR) is 69.9 cm³/mol. The molecular formula is C12H8BrFN4. The first-order valence-electron chi connectivity index (χ1n) is 4.99. The van der Waals surface area contributed by atoms with Gasteiger partial charge < -0.3 is 5.43 Å². The minimum Gasteiger partial charge on any atom is -0.307 e. The molecule has 0 spiro atoms. The van der Waals surface area contributed by atoms with Crippen molar-refractivity contribution in [1.82, 2.24) is 4.98 Å². The van der Waals surface area contributed by atoms with Gasteiger partial charge in [-0.05, 0) is 30.3 Å². The van der Waals surface area contributed by atoms with E-state index in [1.807, 2.05) is 6.07 Å². The van der Waals surface area contributed by atoms with Gasteiger partial charge in [0.15, 0.2) is 5.82 Å². The molecule has 3 N–H and O–H groups in total. The molecule has 0 aliphatic rings. The second-order valence-electron chi connectivity index (χ2n) is 3.47. The molecule has 0 atom stereocenters. The number of halogens is 2. The minimum absolute atomic E-state index is 0.217. The number of nitrogens with one attached hydrogen (secondary N) is 1. The zero-order chi connectivity index (χ0) is 13.1. The molecule has 4 nitrogen and oxygen atoms in total. The van der Waals surface area contributed by atoms with E-state index < -0.39 is 5.82 Å². The number of rotatable bonds is 2. The van der Waals surface area contributed by atoms with Crippen molar-refractivity contribution in [2.75, 3.05) is 5.43 Å². The van der Waals surface area contributed by atoms with Crippen LogP contribution in [-0.4, -0.2) is 4.98 Å². The van der Waals surface area contributed by atoms with Crippen molar-refractivity contribution in [1.29, 1.82) is 5.26 Å². The van der Waals surface area contributed by atoms with E-state index in [0.717, 1.165) is 4.47 Å². The fourth-order valence-corrected chi connectivity index (χ4v) is 1.86. The number of nitrogen functional groups attached to an aromatic ring is 1. The molecule has 0 fully saturated rings. The van der Waals surface area contributed by atoms with Crippen LogP contribution in [-0.2, 0) is 0 Å². The molecule has 0 bridgehead atoms. The third-order valence-electron chi connectivity index (χ3n) is 2.36. The van der Waals surface area contributed by atoms with E-state index in [4.69, 9.17) is 11.1 Å². The molecule has 18 heavy (non-hydrogen) atoms. The Hall–Kier alpha value is -1.97. The molecule has 0 saturated heterocycles. The highest BCUT2D eigenvalue weighted by atomic mass is 79.9. The van der Waals surface area contributed by atoms with Crippen molar-refractivity contribution in [2.45, 2.75) is 0 Å². The molecule has 0 radical (unpaired) electrons. The maximum atomic E-state index is 13.7. The number of aromatic nitrogens is 1. The average Bonchev–Trinajstić information content (AvgIpc) is 2.40. The van der Waals surface area contributed by atoms with Crippen molar-refractivity contribution < 1.29 is 4.39 Å². The van der Waals surface area contributed by atoms with Gasteiger partial charge in [-0.3, -0.25) is 0 Å². The van der Waals surface area contributed by atoms with Gasteiger partial charge in [-0.1, -0.05) is 15.9 Å². The Morgan fingerprint density at radius 1 is 1.33 bits per heavy atom. The number of pyridine rings is 1. The molecule has 0 aliphatic carbocycles. The normalized spacial score (nSPS) is 9.89. The molecule has 1 aromatic heterocycles. The summed E-state index contributed by atoms with van der Waals surface area (Å²) in [5.74, 6) is 5.10. The lowest BCUT2D eigenvalue weighted by molar-refractivity contribution is 0.630. The van der Waals surface area contributed by atoms with Crippen molar-refractivity contribution in [2.24, 2.45) is 5.84 Å². The summed E-state index contributed by atoms with van der Waals surface area (Å²) in [4.78, 5) is 4.11. The highest BCUT2D eigenvalue weighted by Gasteiger charge is 2.10. The van der Waals surface area contributed by atoms with Gasteiger partial charge in [0.05, 0.1) is 11.3 Å². The first kappa shape index (κ1) is 12.5. The topological polar surface area (TPSA) is 74.7 Å². The molecule has 0 aliphatic heterocycles. The summed E-state index contributed by atoms with van der Waals surface area (Å²) in [5.41, 5.74) is 3.37. The molecule has 0 unspecified atom stereocenters. The van der Waals surface area contributed by atoms with Crippen LogP contribution in [0.15, 0.2) is 34.8 Å². The van der Waals surface area contributed by atoms with E-state index in [1.165, 1.54) is 12.1 Å². The lowest BCUT2D eigenvalue weighted by Gasteiger charge is -2.07. The maximum absolute atomic E-state index is 13.7. The summed E-state index contributed by atoms with van der Waals surface area (Å²) in [5, 5.41) is 8.84. The van der Waals surface area contributed by atoms with Gasteiger partial charge in [0, 0.05) is 10.0 Å². The predicted octanol–water partition coefficient (Wildman–Crippen LogP) is 2.81. The number of nitrogens with two attached hydrogens (primary N) is 1. The summed E-state index contributed by atoms with van der Waals surface area (Å²) in [6.07, 6.45) is 0. The molecule has 0 saturated carbocycles. The first-order chi connectivity index (χ1) is 8.65. The third kappa shape index (κ3) is 2.32. The van der Waals surface area contributed by atoms with Gasteiger partial charge in [0.1, 0.15) is 11.9 Å². The smallest absolute Gasteiger partial charge is 0.158 e. The fourth-order valence-electron chi connectivity index (χ4n) is 1.50. The number of anilines is 1. The van der Waals surface area contributed by atoms with Crippen LogP contribution < -0.4 is 11.3 Å². The lowest BCUT2D eigenvalue weighted by atomic mass is 10.1. The van der Waals surface area contributed by atoms with E-state index in [2.05, 4.69) is 26.3 Å². The Labute approximate surface area is 111 Å². The van der Waals surface area contributed by atoms with Gasteiger partial charge in [0.2, 0.25) is 0 Å². The average molecular weight is 307 g/mol. The summed E-state index contributed by atoms with van der Waals surface area (Å²) in [6.45, 7) is 0. The molecule has 6 heteroatoms. The monoisotopic (exact) mass is 306 g/mol. The van der Waals surface area contributed by atoms with Crippen LogP contribution >= 0.6 is 15.9 Å². The van der Waals surface area contributed by atoms with Gasteiger partial charge >= 0.3 is 0 Å². The molecule has 90 valence electrons. The maximum Gasteiger partial charge on any atom is 0.158 e. The highest BCUT2D eigenvalue weighted by Crippen LogP contribution is 2.26. The van der Waals surface area contributed by atoms with Gasteiger partial charge in [-0.2, -0.15) is 5.26 Å². The Kier molecular flexibility index (Phi) is 3.55. The van der Waals surface area contributed by atoms with E-state index in [9.17, 15) is 4.39 Å². The molecule has 1 aromatic carbocycles. The van der Waals surface area contributed by atoms with Crippen molar-refractivity contribution in [3.05, 3.63) is 46.2 Å². The van der Waals surface area contributed by atoms with Crippen LogP contribution in [0.5, 0.6) is 0 Å². The number of hydrogen-bond donors (Lipinski definition) is 2. The van der Waals surface area contributed by atoms with Crippen LogP contribution in [0.25, 0.3) is 11.3 Å². The minimum atomic E-state index is -0.390. The number of nitrogens with zero attached hydrogens (tertiary/aromatic N) is 2. The standard InChI is InChI=1S/C12H8BrFN4/c13-8-2-3-10(14)9(5-8)11-4-1-7(6-15)12(17-11)18-16/h1-5H,16H2,(H,17,18). The molecule has 2 rings (SSSR count). The molecule has 2 aromatic rings. The number of benzene rings is 1. The Bertz CT molecular complexity index is 636. The zero-order valence-corrected chi connectivity index (χ0v) is 10.7. The summed E-state index contributed by atoms with van der Waals surface area (Å²) in [6, 6.07) is 9.62. The fraction of sp³-hybridized carbons (Fsp3) is 0. The third-order valence-corrected chi connectivity index (χ3v) is 2.85. The van der Waals surface area contributed by atoms with Crippen LogP contribution in [0.4, 0.5) is 10.2 Å². The van der Waals surface area contributed by atoms with E-state index in [-0.39, 0.29) is 5.82 Å². The van der Waals surface area contributed by atoms with Crippen LogP contribution in [0.1, 0.15) is 5.56 Å². The quantitative estimate of drug-likeness (QED) is 0.661. The Morgan fingerprint density at radius 2 is 2.11 bits per heavy atom. The largest absolute Gasteiger partial charge is 0.307 e. The van der Waals surface area contributed by atoms with Gasteiger partial charge in [0.25, 0.3) is 0 Å². The van der Waals surface area contributed by atoms with Crippen molar-refractivity contribution >= 4 is 21.7 Å². The number of nitriles is 1. The van der Waals surface area contributed by atoms with Crippen LogP contribution in [0, 0.1) is 17.1 Å². The van der Waals surface area contributed by atoms with Crippen molar-refractivity contribution in [3.63, 3.8) is 0 Å². The van der Waals surface area contributed by atoms with Gasteiger partial charge in [-0.25, -0.2) is 15.2 Å². The number of hydrazine groups is 1. The summed E-state index contributed by atoms with van der Waals surface area (Å²) >= 11 is 3.27. The van der Waals surface area contributed by atoms with E-state index >= 15 is 0 Å². The SMILES string of the molecule is N#Cc1ccc(-c2cc(Br)ccc2F)nc1NN.